The van der Waals surface area contributed by atoms with Crippen molar-refractivity contribution >= 4 is 34.0 Å². The predicted octanol–water partition coefficient (Wildman–Crippen LogP) is 4.51. The van der Waals surface area contributed by atoms with Gasteiger partial charge in [0, 0.05) is 28.2 Å². The molecule has 3 aromatic carbocycles. The maximum Gasteiger partial charge on any atom is 0.300 e. The lowest BCUT2D eigenvalue weighted by atomic mass is 9.94. The fourth-order valence-corrected chi connectivity index (χ4v) is 4.27. The predicted molar refractivity (Wildman–Crippen MR) is 124 cm³/mol. The molecule has 2 heterocycles. The summed E-state index contributed by atoms with van der Waals surface area (Å²) in [6.07, 6.45) is 1.72. The first-order valence-corrected chi connectivity index (χ1v) is 10.3. The van der Waals surface area contributed by atoms with E-state index in [-0.39, 0.29) is 22.8 Å². The number of amides is 1. The molecule has 164 valence electrons. The average Bonchev–Trinajstić information content (AvgIpc) is 3.38. The first-order chi connectivity index (χ1) is 16.0. The summed E-state index contributed by atoms with van der Waals surface area (Å²) in [5, 5.41) is 22.5. The van der Waals surface area contributed by atoms with Crippen LogP contribution in [0.3, 0.4) is 0 Å². The fraction of sp³-hybridized carbons (Fsp3) is 0.0769. The van der Waals surface area contributed by atoms with Gasteiger partial charge in [0.25, 0.3) is 11.7 Å². The number of nitrogens with one attached hydrogen (secondary N) is 1. The van der Waals surface area contributed by atoms with Crippen LogP contribution < -0.4 is 9.64 Å². The lowest BCUT2D eigenvalue weighted by Crippen LogP contribution is -2.29. The smallest absolute Gasteiger partial charge is 0.300 e. The Bertz CT molecular complexity index is 1420. The Hall–Kier alpha value is -4.52. The maximum absolute atomic E-state index is 13.3. The number of phenolic OH excluding ortho intramolecular Hbond substituents is 1. The van der Waals surface area contributed by atoms with Gasteiger partial charge in [-0.05, 0) is 42.5 Å². The molecule has 0 aliphatic carbocycles. The molecule has 1 saturated heterocycles. The molecule has 0 radical (unpaired) electrons. The van der Waals surface area contributed by atoms with E-state index in [0.29, 0.717) is 16.9 Å². The molecule has 1 aliphatic rings. The number of aromatic hydroxyl groups is 1. The van der Waals surface area contributed by atoms with Gasteiger partial charge >= 0.3 is 0 Å². The molecule has 7 nitrogen and oxygen atoms in total. The molecule has 1 aliphatic heterocycles. The number of methoxy groups -OCH3 is 1. The van der Waals surface area contributed by atoms with E-state index in [1.54, 1.807) is 48.7 Å². The van der Waals surface area contributed by atoms with Gasteiger partial charge in [-0.2, -0.15) is 0 Å². The first kappa shape index (κ1) is 20.4. The number of aromatic amines is 1. The number of carbonyl (C=O) groups is 2. The number of aliphatic hydroxyl groups excluding tert-OH is 1. The highest BCUT2D eigenvalue weighted by atomic mass is 16.5. The summed E-state index contributed by atoms with van der Waals surface area (Å²) in [4.78, 5) is 30.9. The van der Waals surface area contributed by atoms with E-state index in [0.717, 1.165) is 10.9 Å². The second kappa shape index (κ2) is 7.87. The van der Waals surface area contributed by atoms with Gasteiger partial charge in [0.05, 0.1) is 24.4 Å². The number of phenols is 1. The standard InChI is InChI=1S/C26H20N2O5/c1-33-16-12-10-15(11-13-16)24(30)22-23(18-14-27-19-7-3-2-6-17(18)19)28(26(32)25(22)31)20-8-4-5-9-21(20)29/h2-14,23,27,29-30H,1H3/b24-22+. The SMILES string of the molecule is COc1ccc(/C(O)=C2\C(=O)C(=O)N(c3ccccc3O)C2c2c[nH]c3ccccc23)cc1. The first-order valence-electron chi connectivity index (χ1n) is 10.3. The number of carbonyl (C=O) groups excluding carboxylic acids is 2. The summed E-state index contributed by atoms with van der Waals surface area (Å²) in [6.45, 7) is 0. The summed E-state index contributed by atoms with van der Waals surface area (Å²) < 4.78 is 5.17. The van der Waals surface area contributed by atoms with E-state index in [1.165, 1.54) is 18.1 Å². The van der Waals surface area contributed by atoms with Gasteiger partial charge in [0.2, 0.25) is 0 Å². The Morgan fingerprint density at radius 1 is 0.970 bits per heavy atom. The molecule has 5 rings (SSSR count). The number of H-pyrrole nitrogens is 1. The molecule has 1 amide bonds. The maximum atomic E-state index is 13.3. The number of ether oxygens (including phenoxy) is 1. The number of nitrogens with zero attached hydrogens (tertiary/aromatic N) is 1. The summed E-state index contributed by atoms with van der Waals surface area (Å²) in [5.74, 6) is -1.52. The minimum absolute atomic E-state index is 0.0572. The number of hydrogen-bond donors (Lipinski definition) is 3. The van der Waals surface area contributed by atoms with Gasteiger partial charge in [0.1, 0.15) is 17.3 Å². The molecular formula is C26H20N2O5. The highest BCUT2D eigenvalue weighted by molar-refractivity contribution is 6.52. The normalized spacial score (nSPS) is 17.6. The number of aromatic nitrogens is 1. The number of anilines is 1. The highest BCUT2D eigenvalue weighted by Crippen LogP contribution is 2.46. The van der Waals surface area contributed by atoms with E-state index in [1.807, 2.05) is 24.3 Å². The van der Waals surface area contributed by atoms with Gasteiger partial charge in [-0.3, -0.25) is 14.5 Å². The van der Waals surface area contributed by atoms with Crippen molar-refractivity contribution in [1.29, 1.82) is 0 Å². The van der Waals surface area contributed by atoms with Gasteiger partial charge in [-0.15, -0.1) is 0 Å². The molecule has 0 spiro atoms. The molecule has 0 bridgehead atoms. The zero-order chi connectivity index (χ0) is 23.1. The highest BCUT2D eigenvalue weighted by Gasteiger charge is 2.48. The largest absolute Gasteiger partial charge is 0.507 e. The second-order valence-corrected chi connectivity index (χ2v) is 7.68. The summed E-state index contributed by atoms with van der Waals surface area (Å²) in [6, 6.07) is 19.4. The number of para-hydroxylation sites is 3. The van der Waals surface area contributed by atoms with Crippen LogP contribution in [0.25, 0.3) is 16.7 Å². The van der Waals surface area contributed by atoms with Crippen LogP contribution in [0.5, 0.6) is 11.5 Å². The Morgan fingerprint density at radius 3 is 2.39 bits per heavy atom. The monoisotopic (exact) mass is 440 g/mol. The minimum Gasteiger partial charge on any atom is -0.507 e. The number of hydrogen-bond acceptors (Lipinski definition) is 5. The van der Waals surface area contributed by atoms with Crippen molar-refractivity contribution in [3.05, 3.63) is 95.7 Å². The van der Waals surface area contributed by atoms with Gasteiger partial charge in [-0.1, -0.05) is 30.3 Å². The van der Waals surface area contributed by atoms with Crippen molar-refractivity contribution in [1.82, 2.24) is 4.98 Å². The zero-order valence-corrected chi connectivity index (χ0v) is 17.6. The summed E-state index contributed by atoms with van der Waals surface area (Å²) in [7, 11) is 1.53. The lowest BCUT2D eigenvalue weighted by molar-refractivity contribution is -0.132. The number of ketones is 1. The van der Waals surface area contributed by atoms with Crippen LogP contribution >= 0.6 is 0 Å². The van der Waals surface area contributed by atoms with E-state index in [4.69, 9.17) is 4.74 Å². The van der Waals surface area contributed by atoms with Gasteiger partial charge < -0.3 is 19.9 Å². The van der Waals surface area contributed by atoms with Crippen LogP contribution in [0, 0.1) is 0 Å². The van der Waals surface area contributed by atoms with Crippen molar-refractivity contribution in [2.24, 2.45) is 0 Å². The average molecular weight is 440 g/mol. The van der Waals surface area contributed by atoms with E-state index >= 15 is 0 Å². The molecule has 7 heteroatoms. The Morgan fingerprint density at radius 2 is 1.67 bits per heavy atom. The molecule has 1 unspecified atom stereocenters. The molecule has 1 fully saturated rings. The van der Waals surface area contributed by atoms with Crippen LogP contribution in [0.4, 0.5) is 5.69 Å². The third-order valence-electron chi connectivity index (χ3n) is 5.86. The second-order valence-electron chi connectivity index (χ2n) is 7.68. The summed E-state index contributed by atoms with van der Waals surface area (Å²) in [5.41, 5.74) is 1.95. The van der Waals surface area contributed by atoms with E-state index in [2.05, 4.69) is 4.98 Å². The number of Topliss-reactive ketones (excluding diaryl/α,β-unsaturated/α-hetero) is 1. The Balaban J connectivity index is 1.77. The molecule has 4 aromatic rings. The lowest BCUT2D eigenvalue weighted by Gasteiger charge is -2.25. The van der Waals surface area contributed by atoms with Crippen LogP contribution in [0.2, 0.25) is 0 Å². The van der Waals surface area contributed by atoms with E-state index < -0.39 is 17.7 Å². The number of aliphatic hydroxyl groups is 1. The van der Waals surface area contributed by atoms with Crippen LogP contribution in [-0.4, -0.2) is 34.0 Å². The third-order valence-corrected chi connectivity index (χ3v) is 5.86. The molecular weight excluding hydrogens is 420 g/mol. The van der Waals surface area contributed by atoms with Crippen molar-refractivity contribution < 1.29 is 24.5 Å². The number of benzene rings is 3. The number of rotatable bonds is 4. The molecule has 1 atom stereocenters. The van der Waals surface area contributed by atoms with E-state index in [9.17, 15) is 19.8 Å². The quantitative estimate of drug-likeness (QED) is 0.246. The summed E-state index contributed by atoms with van der Waals surface area (Å²) >= 11 is 0. The third kappa shape index (κ3) is 3.22. The fourth-order valence-electron chi connectivity index (χ4n) is 4.27. The van der Waals surface area contributed by atoms with Crippen molar-refractivity contribution in [2.45, 2.75) is 6.04 Å². The van der Waals surface area contributed by atoms with Crippen molar-refractivity contribution in [2.75, 3.05) is 12.0 Å². The molecule has 1 aromatic heterocycles. The van der Waals surface area contributed by atoms with Crippen LogP contribution in [0.15, 0.2) is 84.6 Å². The molecule has 0 saturated carbocycles. The van der Waals surface area contributed by atoms with Crippen LogP contribution in [0.1, 0.15) is 17.2 Å². The van der Waals surface area contributed by atoms with Crippen molar-refractivity contribution in [3.8, 4) is 11.5 Å². The minimum atomic E-state index is -0.948. The van der Waals surface area contributed by atoms with Gasteiger partial charge in [0.15, 0.2) is 0 Å². The van der Waals surface area contributed by atoms with Gasteiger partial charge in [-0.25, -0.2) is 0 Å². The molecule has 33 heavy (non-hydrogen) atoms. The Labute approximate surface area is 189 Å². The number of fused-ring (bicyclic) bond motifs is 1. The zero-order valence-electron chi connectivity index (χ0n) is 17.6. The molecule has 3 N–H and O–H groups in total. The van der Waals surface area contributed by atoms with Crippen molar-refractivity contribution in [3.63, 3.8) is 0 Å². The Kier molecular flexibility index (Phi) is 4.86. The van der Waals surface area contributed by atoms with Crippen LogP contribution in [-0.2, 0) is 9.59 Å². The topological polar surface area (TPSA) is 103 Å².